The molecule has 2 aromatic carbocycles. The van der Waals surface area contributed by atoms with Gasteiger partial charge in [-0.3, -0.25) is 0 Å². The van der Waals surface area contributed by atoms with Gasteiger partial charge in [0.05, 0.1) is 9.92 Å². The molecule has 0 fully saturated rings. The zero-order chi connectivity index (χ0) is 23.8. The number of rotatable bonds is 4. The van der Waals surface area contributed by atoms with Crippen molar-refractivity contribution in [3.05, 3.63) is 95.3 Å². The number of hydrogen-bond donors (Lipinski definition) is 0. The van der Waals surface area contributed by atoms with Crippen molar-refractivity contribution in [1.82, 2.24) is 9.55 Å². The summed E-state index contributed by atoms with van der Waals surface area (Å²) in [5.74, 6) is 0.0866. The Kier molecular flexibility index (Phi) is 6.07. The Morgan fingerprint density at radius 1 is 1.06 bits per heavy atom. The van der Waals surface area contributed by atoms with Crippen LogP contribution in [0.25, 0.3) is 22.7 Å². The number of aromatic nitrogens is 2. The summed E-state index contributed by atoms with van der Waals surface area (Å²) in [6.45, 7) is 0. The molecule has 33 heavy (non-hydrogen) atoms. The van der Waals surface area contributed by atoms with E-state index in [9.17, 15) is 21.6 Å². The maximum absolute atomic E-state index is 13.5. The van der Waals surface area contributed by atoms with Gasteiger partial charge in [0.15, 0.2) is 15.5 Å². The Hall–Kier alpha value is -3.10. The topological polar surface area (TPSA) is 52.0 Å². The number of imidazole rings is 1. The number of sulfone groups is 1. The third kappa shape index (κ3) is 4.96. The lowest BCUT2D eigenvalue weighted by atomic mass is 10.1. The molecule has 0 atom stereocenters. The zero-order valence-corrected chi connectivity index (χ0v) is 18.9. The van der Waals surface area contributed by atoms with E-state index in [1.807, 2.05) is 6.08 Å². The first-order valence-electron chi connectivity index (χ1n) is 9.84. The summed E-state index contributed by atoms with van der Waals surface area (Å²) in [6.07, 6.45) is 4.86. The lowest BCUT2D eigenvalue weighted by Crippen LogP contribution is -2.05. The van der Waals surface area contributed by atoms with Crippen LogP contribution in [0.3, 0.4) is 0 Å². The summed E-state index contributed by atoms with van der Waals surface area (Å²) in [4.78, 5) is 4.02. The van der Waals surface area contributed by atoms with Gasteiger partial charge in [-0.1, -0.05) is 54.1 Å². The molecule has 0 saturated carbocycles. The number of halogens is 4. The van der Waals surface area contributed by atoms with Gasteiger partial charge >= 0.3 is 6.18 Å². The van der Waals surface area contributed by atoms with Gasteiger partial charge in [0.2, 0.25) is 0 Å². The van der Waals surface area contributed by atoms with Gasteiger partial charge in [0, 0.05) is 30.1 Å². The van der Waals surface area contributed by atoms with Crippen molar-refractivity contribution >= 4 is 32.7 Å². The molecular formula is C24H18ClF3N2O2S. The highest BCUT2D eigenvalue weighted by Gasteiger charge is 2.35. The van der Waals surface area contributed by atoms with Gasteiger partial charge in [-0.05, 0) is 41.5 Å². The van der Waals surface area contributed by atoms with E-state index >= 15 is 0 Å². The standard InChI is InChI=1S/C24H18ClF3N2O2S/c1-33(31,32)19-9-5-7-17(14-19)16-6-4-8-18(13-12-16)30-15-22(24(26,27)28)29-23(30)20-10-2-3-11-21(20)25/h2-7,9-15H,8H2,1H3. The molecule has 0 unspecified atom stereocenters. The van der Waals surface area contributed by atoms with E-state index in [0.29, 0.717) is 23.2 Å². The Balaban J connectivity index is 1.81. The van der Waals surface area contributed by atoms with Crippen molar-refractivity contribution < 1.29 is 21.6 Å². The molecule has 3 aromatic rings. The summed E-state index contributed by atoms with van der Waals surface area (Å²) < 4.78 is 65.6. The Bertz CT molecular complexity index is 1420. The van der Waals surface area contributed by atoms with Crippen LogP contribution in [0.2, 0.25) is 5.02 Å². The molecule has 0 spiro atoms. The molecule has 1 aliphatic rings. The molecule has 170 valence electrons. The lowest BCUT2D eigenvalue weighted by molar-refractivity contribution is -0.140. The minimum atomic E-state index is -4.62. The maximum atomic E-state index is 13.5. The summed E-state index contributed by atoms with van der Waals surface area (Å²) in [7, 11) is -3.38. The molecule has 1 heterocycles. The Morgan fingerprint density at radius 3 is 2.52 bits per heavy atom. The van der Waals surface area contributed by atoms with E-state index in [0.717, 1.165) is 18.0 Å². The monoisotopic (exact) mass is 490 g/mol. The van der Waals surface area contributed by atoms with Gasteiger partial charge in [-0.15, -0.1) is 0 Å². The fourth-order valence-electron chi connectivity index (χ4n) is 3.46. The van der Waals surface area contributed by atoms with Crippen LogP contribution >= 0.6 is 11.6 Å². The van der Waals surface area contributed by atoms with E-state index in [4.69, 9.17) is 11.6 Å². The van der Waals surface area contributed by atoms with Crippen LogP contribution in [-0.2, 0) is 16.0 Å². The average Bonchev–Trinajstić information content (AvgIpc) is 3.06. The quantitative estimate of drug-likeness (QED) is 0.419. The lowest BCUT2D eigenvalue weighted by Gasteiger charge is -2.11. The van der Waals surface area contributed by atoms with Gasteiger partial charge < -0.3 is 4.57 Å². The molecule has 0 radical (unpaired) electrons. The predicted octanol–water partition coefficient (Wildman–Crippen LogP) is 6.51. The van der Waals surface area contributed by atoms with E-state index in [1.54, 1.807) is 60.7 Å². The second kappa shape index (κ2) is 8.68. The van der Waals surface area contributed by atoms with Crippen molar-refractivity contribution in [3.63, 3.8) is 0 Å². The number of benzene rings is 2. The van der Waals surface area contributed by atoms with Crippen molar-refractivity contribution in [1.29, 1.82) is 0 Å². The molecule has 0 aliphatic heterocycles. The number of nitrogens with zero attached hydrogens (tertiary/aromatic N) is 2. The van der Waals surface area contributed by atoms with Crippen molar-refractivity contribution in [3.8, 4) is 11.4 Å². The molecule has 0 N–H and O–H groups in total. The molecule has 4 nitrogen and oxygen atoms in total. The van der Waals surface area contributed by atoms with E-state index in [2.05, 4.69) is 4.98 Å². The number of hydrogen-bond acceptors (Lipinski definition) is 3. The predicted molar refractivity (Wildman–Crippen MR) is 123 cm³/mol. The molecule has 1 aromatic heterocycles. The summed E-state index contributed by atoms with van der Waals surface area (Å²) in [5, 5.41) is 0.289. The molecule has 0 bridgehead atoms. The van der Waals surface area contributed by atoms with Gasteiger partial charge in [0.1, 0.15) is 5.82 Å². The van der Waals surface area contributed by atoms with Crippen molar-refractivity contribution in [2.45, 2.75) is 17.5 Å². The van der Waals surface area contributed by atoms with E-state index < -0.39 is 21.7 Å². The van der Waals surface area contributed by atoms with Crippen LogP contribution in [0.1, 0.15) is 17.7 Å². The second-order valence-electron chi connectivity index (χ2n) is 7.48. The number of allylic oxidation sites excluding steroid dienone is 6. The fraction of sp³-hybridized carbons (Fsp3) is 0.125. The highest BCUT2D eigenvalue weighted by Crippen LogP contribution is 2.36. The van der Waals surface area contributed by atoms with Crippen LogP contribution < -0.4 is 0 Å². The Labute approximate surface area is 194 Å². The smallest absolute Gasteiger partial charge is 0.303 e. The average molecular weight is 491 g/mol. The summed E-state index contributed by atoms with van der Waals surface area (Å²) >= 11 is 6.25. The Morgan fingerprint density at radius 2 is 1.82 bits per heavy atom. The zero-order valence-electron chi connectivity index (χ0n) is 17.3. The summed E-state index contributed by atoms with van der Waals surface area (Å²) in [6, 6.07) is 13.1. The molecular weight excluding hydrogens is 473 g/mol. The van der Waals surface area contributed by atoms with E-state index in [-0.39, 0.29) is 15.7 Å². The van der Waals surface area contributed by atoms with Crippen LogP contribution in [-0.4, -0.2) is 24.2 Å². The van der Waals surface area contributed by atoms with Gasteiger partial charge in [-0.25, -0.2) is 13.4 Å². The fourth-order valence-corrected chi connectivity index (χ4v) is 4.35. The SMILES string of the molecule is CS(=O)(=O)c1cccc(C2=CC=C(n3cc(C(F)(F)F)nc3-c3ccccc3Cl)CC=C2)c1. The maximum Gasteiger partial charge on any atom is 0.434 e. The molecule has 9 heteroatoms. The first kappa shape index (κ1) is 23.1. The number of alkyl halides is 3. The first-order chi connectivity index (χ1) is 15.5. The molecule has 0 saturated heterocycles. The minimum Gasteiger partial charge on any atom is -0.303 e. The molecule has 4 rings (SSSR count). The highest BCUT2D eigenvalue weighted by molar-refractivity contribution is 7.90. The van der Waals surface area contributed by atoms with Gasteiger partial charge in [-0.2, -0.15) is 13.2 Å². The normalized spacial score (nSPS) is 14.6. The second-order valence-corrected chi connectivity index (χ2v) is 9.91. The van der Waals surface area contributed by atoms with Crippen LogP contribution in [0.15, 0.2) is 83.9 Å². The van der Waals surface area contributed by atoms with E-state index in [1.165, 1.54) is 10.6 Å². The summed E-state index contributed by atoms with van der Waals surface area (Å²) in [5.41, 5.74) is 1.33. The minimum absolute atomic E-state index is 0.0866. The third-order valence-electron chi connectivity index (χ3n) is 5.10. The van der Waals surface area contributed by atoms with Gasteiger partial charge in [0.25, 0.3) is 0 Å². The van der Waals surface area contributed by atoms with Crippen molar-refractivity contribution in [2.24, 2.45) is 0 Å². The molecule has 1 aliphatic carbocycles. The largest absolute Gasteiger partial charge is 0.434 e. The van der Waals surface area contributed by atoms with Crippen LogP contribution in [0, 0.1) is 0 Å². The molecule has 0 amide bonds. The van der Waals surface area contributed by atoms with Crippen LogP contribution in [0.5, 0.6) is 0 Å². The van der Waals surface area contributed by atoms with Crippen LogP contribution in [0.4, 0.5) is 13.2 Å². The van der Waals surface area contributed by atoms with Crippen molar-refractivity contribution in [2.75, 3.05) is 6.26 Å². The third-order valence-corrected chi connectivity index (χ3v) is 6.54. The highest BCUT2D eigenvalue weighted by atomic mass is 35.5. The first-order valence-corrected chi connectivity index (χ1v) is 12.1.